The van der Waals surface area contributed by atoms with Gasteiger partial charge in [0.25, 0.3) is 0 Å². The zero-order valence-corrected chi connectivity index (χ0v) is 17.9. The molecule has 150 valence electrons. The van der Waals surface area contributed by atoms with Crippen LogP contribution in [0.4, 0.5) is 4.39 Å². The number of hydrogen-bond donors (Lipinski definition) is 1. The molecular weight excluding hydrogens is 383 g/mol. The first kappa shape index (κ1) is 19.6. The summed E-state index contributed by atoms with van der Waals surface area (Å²) in [7, 11) is 0. The minimum absolute atomic E-state index is 0.00547. The Balaban J connectivity index is 1.86. The van der Waals surface area contributed by atoms with Crippen molar-refractivity contribution in [2.75, 3.05) is 0 Å². The summed E-state index contributed by atoms with van der Waals surface area (Å²) in [5, 5.41) is 4.21. The maximum absolute atomic E-state index is 13.9. The van der Waals surface area contributed by atoms with Crippen molar-refractivity contribution in [2.24, 2.45) is 0 Å². The van der Waals surface area contributed by atoms with E-state index in [0.29, 0.717) is 0 Å². The molecule has 1 aliphatic rings. The summed E-state index contributed by atoms with van der Waals surface area (Å²) < 4.78 is 16.0. The average Bonchev–Trinajstić information content (AvgIpc) is 3.18. The van der Waals surface area contributed by atoms with Crippen molar-refractivity contribution in [2.45, 2.75) is 45.8 Å². The third-order valence-electron chi connectivity index (χ3n) is 5.55. The molecule has 2 atom stereocenters. The average molecular weight is 409 g/mol. The molecule has 0 spiro atoms. The van der Waals surface area contributed by atoms with Gasteiger partial charge in [-0.25, -0.2) is 4.39 Å². The summed E-state index contributed by atoms with van der Waals surface area (Å²) >= 11 is 5.69. The molecule has 0 aliphatic carbocycles. The van der Waals surface area contributed by atoms with Gasteiger partial charge in [0, 0.05) is 29.3 Å². The fourth-order valence-corrected chi connectivity index (χ4v) is 4.81. The second-order valence-corrected chi connectivity index (χ2v) is 8.16. The van der Waals surface area contributed by atoms with Crippen LogP contribution in [-0.2, 0) is 0 Å². The zero-order valence-electron chi connectivity index (χ0n) is 17.1. The van der Waals surface area contributed by atoms with Crippen LogP contribution in [0.15, 0.2) is 54.7 Å². The molecule has 1 aromatic carbocycles. The van der Waals surface area contributed by atoms with Gasteiger partial charge in [-0.3, -0.25) is 4.98 Å². The zero-order chi connectivity index (χ0) is 20.7. The molecule has 4 nitrogen and oxygen atoms in total. The molecule has 3 aromatic rings. The van der Waals surface area contributed by atoms with Gasteiger partial charge in [0.1, 0.15) is 5.82 Å². The Hall–Kier alpha value is -2.73. The standard InChI is InChI=1S/C23H25FN4S/c1-14(2)27-22(21(26-23(27)29)20-10-5-6-11-25-20)19-12-15(3)28(16(19)4)18-9-7-8-17(24)13-18/h5-14,21-22H,1-4H3,(H,26,29). The number of benzene rings is 1. The van der Waals surface area contributed by atoms with Crippen molar-refractivity contribution in [1.29, 1.82) is 0 Å². The van der Waals surface area contributed by atoms with Gasteiger partial charge in [0.05, 0.1) is 17.8 Å². The molecule has 4 rings (SSSR count). The van der Waals surface area contributed by atoms with Crippen molar-refractivity contribution in [3.63, 3.8) is 0 Å². The molecular formula is C23H25FN4S. The topological polar surface area (TPSA) is 33.1 Å². The van der Waals surface area contributed by atoms with Crippen LogP contribution < -0.4 is 5.32 Å². The van der Waals surface area contributed by atoms with E-state index < -0.39 is 0 Å². The molecule has 1 fully saturated rings. The molecule has 0 amide bonds. The molecule has 2 unspecified atom stereocenters. The van der Waals surface area contributed by atoms with E-state index in [1.807, 2.05) is 30.5 Å². The molecule has 1 N–H and O–H groups in total. The highest BCUT2D eigenvalue weighted by Gasteiger charge is 2.42. The number of pyridine rings is 1. The number of aryl methyl sites for hydroxylation is 1. The maximum atomic E-state index is 13.9. The SMILES string of the molecule is Cc1cc(C2C(c3ccccn3)NC(=S)N2C(C)C)c(C)n1-c1cccc(F)c1. The first-order valence-corrected chi connectivity index (χ1v) is 10.2. The quantitative estimate of drug-likeness (QED) is 0.615. The summed E-state index contributed by atoms with van der Waals surface area (Å²) in [5.74, 6) is -0.240. The largest absolute Gasteiger partial charge is 0.352 e. The molecule has 1 saturated heterocycles. The second-order valence-electron chi connectivity index (χ2n) is 7.77. The molecule has 2 aromatic heterocycles. The molecule has 1 aliphatic heterocycles. The Morgan fingerprint density at radius 1 is 1.10 bits per heavy atom. The highest BCUT2D eigenvalue weighted by molar-refractivity contribution is 7.80. The first-order valence-electron chi connectivity index (χ1n) is 9.83. The second kappa shape index (κ2) is 7.59. The lowest BCUT2D eigenvalue weighted by atomic mass is 9.96. The van der Waals surface area contributed by atoms with Crippen LogP contribution in [0.25, 0.3) is 5.69 Å². The van der Waals surface area contributed by atoms with Crippen LogP contribution in [-0.4, -0.2) is 25.6 Å². The molecule has 0 saturated carbocycles. The third-order valence-corrected chi connectivity index (χ3v) is 5.88. The Morgan fingerprint density at radius 3 is 2.55 bits per heavy atom. The monoisotopic (exact) mass is 408 g/mol. The minimum Gasteiger partial charge on any atom is -0.352 e. The van der Waals surface area contributed by atoms with Crippen molar-refractivity contribution in [1.82, 2.24) is 19.8 Å². The number of nitrogens with zero attached hydrogens (tertiary/aromatic N) is 3. The molecule has 0 radical (unpaired) electrons. The van der Waals surface area contributed by atoms with Crippen molar-refractivity contribution in [3.8, 4) is 5.69 Å². The Kier molecular flexibility index (Phi) is 5.13. The molecule has 3 heterocycles. The Labute approximate surface area is 176 Å². The molecule has 29 heavy (non-hydrogen) atoms. The third kappa shape index (κ3) is 3.42. The van der Waals surface area contributed by atoms with E-state index >= 15 is 0 Å². The van der Waals surface area contributed by atoms with Crippen LogP contribution >= 0.6 is 12.2 Å². The van der Waals surface area contributed by atoms with E-state index in [4.69, 9.17) is 12.2 Å². The van der Waals surface area contributed by atoms with E-state index in [2.05, 4.69) is 53.5 Å². The predicted molar refractivity (Wildman–Crippen MR) is 118 cm³/mol. The van der Waals surface area contributed by atoms with Crippen LogP contribution in [0.2, 0.25) is 0 Å². The number of nitrogens with one attached hydrogen (secondary N) is 1. The van der Waals surface area contributed by atoms with Crippen LogP contribution in [0, 0.1) is 19.7 Å². The summed E-state index contributed by atoms with van der Waals surface area (Å²) in [5.41, 5.74) is 5.09. The van der Waals surface area contributed by atoms with Gasteiger partial charge in [-0.1, -0.05) is 12.1 Å². The lowest BCUT2D eigenvalue weighted by molar-refractivity contribution is 0.269. The maximum Gasteiger partial charge on any atom is 0.170 e. The molecule has 6 heteroatoms. The smallest absolute Gasteiger partial charge is 0.170 e. The fraction of sp³-hybridized carbons (Fsp3) is 0.304. The van der Waals surface area contributed by atoms with Crippen LogP contribution in [0.1, 0.15) is 48.6 Å². The molecule has 0 bridgehead atoms. The van der Waals surface area contributed by atoms with Crippen molar-refractivity contribution < 1.29 is 4.39 Å². The van der Waals surface area contributed by atoms with Gasteiger partial charge in [-0.15, -0.1) is 0 Å². The number of aromatic nitrogens is 2. The van der Waals surface area contributed by atoms with E-state index in [1.165, 1.54) is 11.6 Å². The van der Waals surface area contributed by atoms with Crippen LogP contribution in [0.5, 0.6) is 0 Å². The summed E-state index contributed by atoms with van der Waals surface area (Å²) in [6, 6.07) is 15.0. The van der Waals surface area contributed by atoms with Crippen molar-refractivity contribution >= 4 is 17.3 Å². The summed E-state index contributed by atoms with van der Waals surface area (Å²) in [6.07, 6.45) is 1.81. The highest BCUT2D eigenvalue weighted by Crippen LogP contribution is 2.42. The van der Waals surface area contributed by atoms with E-state index in [-0.39, 0.29) is 23.9 Å². The van der Waals surface area contributed by atoms with Gasteiger partial charge in [-0.2, -0.15) is 0 Å². The van der Waals surface area contributed by atoms with Crippen LogP contribution in [0.3, 0.4) is 0 Å². The number of hydrogen-bond acceptors (Lipinski definition) is 2. The normalized spacial score (nSPS) is 19.1. The number of rotatable bonds is 4. The van der Waals surface area contributed by atoms with Gasteiger partial charge >= 0.3 is 0 Å². The van der Waals surface area contributed by atoms with Gasteiger partial charge in [0.2, 0.25) is 0 Å². The highest BCUT2D eigenvalue weighted by atomic mass is 32.1. The fourth-order valence-electron chi connectivity index (χ4n) is 4.35. The first-order chi connectivity index (χ1) is 13.9. The van der Waals surface area contributed by atoms with Crippen molar-refractivity contribution in [3.05, 3.63) is 83.2 Å². The number of thiocarbonyl (C=S) groups is 1. The van der Waals surface area contributed by atoms with Gasteiger partial charge in [0.15, 0.2) is 5.11 Å². The minimum atomic E-state index is -0.240. The Morgan fingerprint density at radius 2 is 1.90 bits per heavy atom. The van der Waals surface area contributed by atoms with Gasteiger partial charge < -0.3 is 14.8 Å². The Bertz CT molecular complexity index is 1040. The lowest BCUT2D eigenvalue weighted by Gasteiger charge is -2.31. The number of halogens is 1. The summed E-state index contributed by atoms with van der Waals surface area (Å²) in [6.45, 7) is 8.43. The van der Waals surface area contributed by atoms with E-state index in [1.54, 1.807) is 12.1 Å². The van der Waals surface area contributed by atoms with E-state index in [0.717, 1.165) is 27.9 Å². The lowest BCUT2D eigenvalue weighted by Crippen LogP contribution is -2.35. The summed E-state index contributed by atoms with van der Waals surface area (Å²) in [4.78, 5) is 6.83. The van der Waals surface area contributed by atoms with E-state index in [9.17, 15) is 4.39 Å². The van der Waals surface area contributed by atoms with Gasteiger partial charge in [-0.05, 0) is 81.9 Å². The predicted octanol–water partition coefficient (Wildman–Crippen LogP) is 5.01.